The van der Waals surface area contributed by atoms with Crippen LogP contribution in [-0.4, -0.2) is 29.1 Å². The van der Waals surface area contributed by atoms with Crippen LogP contribution in [0.2, 0.25) is 0 Å². The lowest BCUT2D eigenvalue weighted by atomic mass is 9.78. The Hall–Kier alpha value is -1.06. The molecular formula is C17H26N2O. The Kier molecular flexibility index (Phi) is 4.27. The number of nitrogens with zero attached hydrogens (tertiary/aromatic N) is 1. The highest BCUT2D eigenvalue weighted by molar-refractivity contribution is 5.41. The molecule has 1 aromatic carbocycles. The number of β-amino-alcohol motifs (C(OH)–C–C–N with tert-alkyl or cyclic N) is 1. The molecule has 20 heavy (non-hydrogen) atoms. The molecule has 0 bridgehead atoms. The van der Waals surface area contributed by atoms with E-state index in [0.717, 1.165) is 30.3 Å². The van der Waals surface area contributed by atoms with Gasteiger partial charge in [-0.15, -0.1) is 0 Å². The summed E-state index contributed by atoms with van der Waals surface area (Å²) in [6.07, 6.45) is 7.70. The third-order valence-electron chi connectivity index (χ3n) is 5.06. The molecule has 0 amide bonds. The van der Waals surface area contributed by atoms with Crippen molar-refractivity contribution in [1.82, 2.24) is 4.90 Å². The zero-order chi connectivity index (χ0) is 13.9. The second kappa shape index (κ2) is 6.15. The van der Waals surface area contributed by atoms with Crippen LogP contribution in [0.3, 0.4) is 0 Å². The molecule has 1 heterocycles. The van der Waals surface area contributed by atoms with E-state index in [1.165, 1.54) is 38.5 Å². The third-order valence-corrected chi connectivity index (χ3v) is 5.06. The van der Waals surface area contributed by atoms with Gasteiger partial charge in [0.25, 0.3) is 0 Å². The fraction of sp³-hybridized carbons (Fsp3) is 0.647. The first kappa shape index (κ1) is 13.9. The van der Waals surface area contributed by atoms with Gasteiger partial charge >= 0.3 is 0 Å². The monoisotopic (exact) mass is 274 g/mol. The number of likely N-dealkylation sites (tertiary alicyclic amines) is 1. The van der Waals surface area contributed by atoms with Gasteiger partial charge in [0.15, 0.2) is 0 Å². The highest BCUT2D eigenvalue weighted by atomic mass is 16.3. The van der Waals surface area contributed by atoms with Gasteiger partial charge in [-0.1, -0.05) is 25.0 Å². The number of piperidine rings is 1. The molecule has 1 saturated carbocycles. The average molecular weight is 274 g/mol. The molecule has 2 fully saturated rings. The molecule has 0 radical (unpaired) electrons. The fourth-order valence-corrected chi connectivity index (χ4v) is 4.05. The smallest absolute Gasteiger partial charge is 0.0917 e. The van der Waals surface area contributed by atoms with Crippen LogP contribution in [0.1, 0.15) is 50.2 Å². The lowest BCUT2D eigenvalue weighted by Crippen LogP contribution is -2.48. The summed E-state index contributed by atoms with van der Waals surface area (Å²) in [5.74, 6) is 0.866. The number of rotatable bonds is 3. The first-order valence-corrected chi connectivity index (χ1v) is 8.01. The lowest BCUT2D eigenvalue weighted by Gasteiger charge is -2.44. The molecule has 0 spiro atoms. The Morgan fingerprint density at radius 3 is 2.85 bits per heavy atom. The molecule has 1 aliphatic carbocycles. The number of aliphatic hydroxyl groups excluding tert-OH is 1. The third kappa shape index (κ3) is 2.99. The first-order chi connectivity index (χ1) is 9.74. The largest absolute Gasteiger partial charge is 0.399 e. The number of anilines is 1. The Bertz CT molecular complexity index is 446. The topological polar surface area (TPSA) is 49.5 Å². The normalized spacial score (nSPS) is 28.9. The van der Waals surface area contributed by atoms with Gasteiger partial charge in [0.2, 0.25) is 0 Å². The SMILES string of the molecule is Nc1cccc(C(O)CN2CCCC3CCCCC32)c1. The van der Waals surface area contributed by atoms with Crippen LogP contribution in [0.15, 0.2) is 24.3 Å². The maximum atomic E-state index is 10.5. The minimum absolute atomic E-state index is 0.417. The average Bonchev–Trinajstić information content (AvgIpc) is 2.47. The molecule has 0 aromatic heterocycles. The molecule has 110 valence electrons. The molecule has 3 nitrogen and oxygen atoms in total. The summed E-state index contributed by atoms with van der Waals surface area (Å²) < 4.78 is 0. The van der Waals surface area contributed by atoms with Crippen LogP contribution in [0.5, 0.6) is 0 Å². The molecule has 1 aliphatic heterocycles. The molecule has 3 atom stereocenters. The van der Waals surface area contributed by atoms with Gasteiger partial charge in [-0.3, -0.25) is 4.90 Å². The molecule has 2 aliphatic rings. The van der Waals surface area contributed by atoms with Gasteiger partial charge in [-0.25, -0.2) is 0 Å². The van der Waals surface area contributed by atoms with Crippen molar-refractivity contribution in [2.45, 2.75) is 50.7 Å². The fourth-order valence-electron chi connectivity index (χ4n) is 4.05. The summed E-state index contributed by atoms with van der Waals surface area (Å²) in [7, 11) is 0. The Balaban J connectivity index is 1.66. The quantitative estimate of drug-likeness (QED) is 0.833. The number of benzene rings is 1. The number of hydrogen-bond donors (Lipinski definition) is 2. The minimum Gasteiger partial charge on any atom is -0.399 e. The second-order valence-electron chi connectivity index (χ2n) is 6.43. The first-order valence-electron chi connectivity index (χ1n) is 8.01. The summed E-state index contributed by atoms with van der Waals surface area (Å²) in [5, 5.41) is 10.5. The lowest BCUT2D eigenvalue weighted by molar-refractivity contribution is 0.0205. The van der Waals surface area contributed by atoms with E-state index in [9.17, 15) is 5.11 Å². The van der Waals surface area contributed by atoms with Crippen molar-refractivity contribution < 1.29 is 5.11 Å². The van der Waals surface area contributed by atoms with Crippen molar-refractivity contribution >= 4 is 5.69 Å². The maximum absolute atomic E-state index is 10.5. The molecule has 3 rings (SSSR count). The zero-order valence-corrected chi connectivity index (χ0v) is 12.2. The molecule has 1 aromatic rings. The van der Waals surface area contributed by atoms with Gasteiger partial charge < -0.3 is 10.8 Å². The number of aliphatic hydroxyl groups is 1. The number of hydrogen-bond acceptors (Lipinski definition) is 3. The van der Waals surface area contributed by atoms with Gasteiger partial charge in [0.1, 0.15) is 0 Å². The van der Waals surface area contributed by atoms with E-state index in [2.05, 4.69) is 4.90 Å². The van der Waals surface area contributed by atoms with Crippen LogP contribution in [0.4, 0.5) is 5.69 Å². The summed E-state index contributed by atoms with van der Waals surface area (Å²) in [5.41, 5.74) is 7.49. The Morgan fingerprint density at radius 1 is 1.20 bits per heavy atom. The summed E-state index contributed by atoms with van der Waals surface area (Å²) >= 11 is 0. The number of fused-ring (bicyclic) bond motifs is 1. The Labute approximate surface area is 121 Å². The van der Waals surface area contributed by atoms with E-state index >= 15 is 0 Å². The van der Waals surface area contributed by atoms with Gasteiger partial charge in [-0.2, -0.15) is 0 Å². The van der Waals surface area contributed by atoms with Crippen LogP contribution >= 0.6 is 0 Å². The van der Waals surface area contributed by atoms with Crippen LogP contribution in [0.25, 0.3) is 0 Å². The summed E-state index contributed by atoms with van der Waals surface area (Å²) in [6, 6.07) is 8.37. The summed E-state index contributed by atoms with van der Waals surface area (Å²) in [4.78, 5) is 2.53. The van der Waals surface area contributed by atoms with Crippen molar-refractivity contribution in [3.05, 3.63) is 29.8 Å². The second-order valence-corrected chi connectivity index (χ2v) is 6.43. The van der Waals surface area contributed by atoms with Crippen molar-refractivity contribution in [2.24, 2.45) is 5.92 Å². The van der Waals surface area contributed by atoms with E-state index in [1.807, 2.05) is 24.3 Å². The molecular weight excluding hydrogens is 248 g/mol. The van der Waals surface area contributed by atoms with E-state index in [4.69, 9.17) is 5.73 Å². The van der Waals surface area contributed by atoms with E-state index < -0.39 is 6.10 Å². The van der Waals surface area contributed by atoms with Crippen LogP contribution < -0.4 is 5.73 Å². The van der Waals surface area contributed by atoms with Crippen molar-refractivity contribution in [1.29, 1.82) is 0 Å². The van der Waals surface area contributed by atoms with Gasteiger partial charge in [-0.05, 0) is 55.8 Å². The molecule has 3 heteroatoms. The number of nitrogen functional groups attached to an aromatic ring is 1. The van der Waals surface area contributed by atoms with Crippen LogP contribution in [-0.2, 0) is 0 Å². The van der Waals surface area contributed by atoms with Crippen LogP contribution in [0, 0.1) is 5.92 Å². The predicted octanol–water partition coefficient (Wildman–Crippen LogP) is 2.96. The Morgan fingerprint density at radius 2 is 2.00 bits per heavy atom. The molecule has 3 N–H and O–H groups in total. The highest BCUT2D eigenvalue weighted by Gasteiger charge is 2.33. The van der Waals surface area contributed by atoms with E-state index in [-0.39, 0.29) is 0 Å². The van der Waals surface area contributed by atoms with Gasteiger partial charge in [0.05, 0.1) is 6.10 Å². The highest BCUT2D eigenvalue weighted by Crippen LogP contribution is 2.36. The summed E-state index contributed by atoms with van der Waals surface area (Å²) in [6.45, 7) is 1.89. The van der Waals surface area contributed by atoms with Crippen molar-refractivity contribution in [2.75, 3.05) is 18.8 Å². The predicted molar refractivity (Wildman–Crippen MR) is 82.4 cm³/mol. The standard InChI is InChI=1S/C17H26N2O/c18-15-8-3-6-14(11-15)17(20)12-19-10-4-7-13-5-1-2-9-16(13)19/h3,6,8,11,13,16-17,20H,1-2,4-5,7,9-10,12,18H2. The molecule has 3 unspecified atom stereocenters. The molecule has 1 saturated heterocycles. The number of nitrogens with two attached hydrogens (primary N) is 1. The van der Waals surface area contributed by atoms with E-state index in [1.54, 1.807) is 0 Å². The minimum atomic E-state index is -0.417. The zero-order valence-electron chi connectivity index (χ0n) is 12.2. The van der Waals surface area contributed by atoms with Crippen molar-refractivity contribution in [3.8, 4) is 0 Å². The van der Waals surface area contributed by atoms with Gasteiger partial charge in [0, 0.05) is 18.3 Å². The van der Waals surface area contributed by atoms with Crippen molar-refractivity contribution in [3.63, 3.8) is 0 Å². The maximum Gasteiger partial charge on any atom is 0.0917 e. The van der Waals surface area contributed by atoms with E-state index in [0.29, 0.717) is 6.04 Å².